The largest absolute Gasteiger partial charge is 0.496 e. The molecular formula is C43H51Cl2N5O6. The number of hydrogen-bond donors (Lipinski definition) is 3. The second-order valence-corrected chi connectivity index (χ2v) is 16.9. The molecule has 4 aromatic rings. The summed E-state index contributed by atoms with van der Waals surface area (Å²) in [4.78, 5) is 36.4. The van der Waals surface area contributed by atoms with E-state index in [9.17, 15) is 14.7 Å². The van der Waals surface area contributed by atoms with Gasteiger partial charge in [-0.25, -0.2) is 9.78 Å². The van der Waals surface area contributed by atoms with Gasteiger partial charge in [-0.2, -0.15) is 0 Å². The van der Waals surface area contributed by atoms with Crippen molar-refractivity contribution in [2.24, 2.45) is 5.41 Å². The molecule has 1 aliphatic heterocycles. The predicted octanol–water partition coefficient (Wildman–Crippen LogP) is 8.46. The molecule has 2 amide bonds. The Morgan fingerprint density at radius 3 is 2.36 bits per heavy atom. The third-order valence-electron chi connectivity index (χ3n) is 10.8. The van der Waals surface area contributed by atoms with Gasteiger partial charge in [-0.1, -0.05) is 74.3 Å². The normalized spacial score (nSPS) is 20.9. The topological polar surface area (TPSA) is 135 Å². The van der Waals surface area contributed by atoms with Crippen molar-refractivity contribution in [3.63, 3.8) is 0 Å². The molecule has 2 atom stereocenters. The number of rotatable bonds is 11. The number of carbonyl (C=O) groups is 2. The number of nitrogens with one attached hydrogen (secondary N) is 2. The van der Waals surface area contributed by atoms with Gasteiger partial charge >= 0.3 is 6.09 Å². The molecule has 0 bridgehead atoms. The van der Waals surface area contributed by atoms with Gasteiger partial charge in [0.05, 0.1) is 46.8 Å². The lowest BCUT2D eigenvalue weighted by molar-refractivity contribution is -0.135. The van der Waals surface area contributed by atoms with Crippen molar-refractivity contribution in [3.8, 4) is 45.3 Å². The van der Waals surface area contributed by atoms with Crippen LogP contribution in [0.5, 0.6) is 11.6 Å². The van der Waals surface area contributed by atoms with E-state index in [2.05, 4.69) is 36.4 Å². The van der Waals surface area contributed by atoms with Gasteiger partial charge in [0.25, 0.3) is 0 Å². The Morgan fingerprint density at radius 2 is 1.68 bits per heavy atom. The van der Waals surface area contributed by atoms with Crippen LogP contribution in [0.4, 0.5) is 4.79 Å². The Bertz CT molecular complexity index is 2080. The van der Waals surface area contributed by atoms with Crippen molar-refractivity contribution in [1.82, 2.24) is 25.5 Å². The summed E-state index contributed by atoms with van der Waals surface area (Å²) in [7, 11) is 3.15. The molecular weight excluding hydrogens is 753 g/mol. The molecule has 298 valence electrons. The number of pyridine rings is 2. The summed E-state index contributed by atoms with van der Waals surface area (Å²) >= 11 is 14.2. The van der Waals surface area contributed by atoms with E-state index in [1.54, 1.807) is 26.3 Å². The highest BCUT2D eigenvalue weighted by atomic mass is 35.5. The monoisotopic (exact) mass is 803 g/mol. The van der Waals surface area contributed by atoms with Crippen LogP contribution in [-0.2, 0) is 22.7 Å². The summed E-state index contributed by atoms with van der Waals surface area (Å²) in [6, 6.07) is 17.2. The highest BCUT2D eigenvalue weighted by molar-refractivity contribution is 6.39. The molecule has 3 heterocycles. The molecule has 0 radical (unpaired) electrons. The molecule has 3 N–H and O–H groups in total. The number of nitrogens with zero attached hydrogens (tertiary/aromatic N) is 3. The third-order valence-corrected chi connectivity index (χ3v) is 11.6. The molecule has 13 heteroatoms. The molecule has 11 nitrogen and oxygen atoms in total. The number of aromatic nitrogens is 2. The van der Waals surface area contributed by atoms with Crippen LogP contribution in [0.15, 0.2) is 60.8 Å². The van der Waals surface area contributed by atoms with Crippen LogP contribution in [0.25, 0.3) is 33.6 Å². The maximum atomic E-state index is 12.9. The lowest BCUT2D eigenvalue weighted by Gasteiger charge is -2.45. The van der Waals surface area contributed by atoms with Crippen LogP contribution in [-0.4, -0.2) is 76.5 Å². The lowest BCUT2D eigenvalue weighted by atomic mass is 9.77. The van der Waals surface area contributed by atoms with Gasteiger partial charge in [0.2, 0.25) is 11.8 Å². The first-order valence-corrected chi connectivity index (χ1v) is 19.7. The minimum atomic E-state index is -0.596. The minimum Gasteiger partial charge on any atom is -0.496 e. The molecule has 0 unspecified atom stereocenters. The van der Waals surface area contributed by atoms with E-state index in [0.717, 1.165) is 24.0 Å². The number of carbonyl (C=O) groups excluding carboxylic acids is 2. The first kappa shape index (κ1) is 41.2. The Labute approximate surface area is 339 Å². The highest BCUT2D eigenvalue weighted by Gasteiger charge is 2.39. The fourth-order valence-corrected chi connectivity index (χ4v) is 8.43. The van der Waals surface area contributed by atoms with Crippen molar-refractivity contribution < 1.29 is 28.9 Å². The SMILES string of the molecule is COc1cc(-c2nccc(-c3cccc(-c4ccc(COC(=O)N[C@@H]5CCN(C(C)=O)[C@@H](C(C)(C)C)C5)c(OC)n4)c3Cl)c2Cl)ccc1CNC1CC(C)(O)C1. The van der Waals surface area contributed by atoms with E-state index in [4.69, 9.17) is 42.4 Å². The molecule has 2 aromatic heterocycles. The number of piperidine rings is 1. The van der Waals surface area contributed by atoms with Gasteiger partial charge in [0.15, 0.2) is 0 Å². The number of halogens is 2. The molecule has 0 spiro atoms. The lowest BCUT2D eigenvalue weighted by Crippen LogP contribution is -2.55. The molecule has 2 fully saturated rings. The Kier molecular flexibility index (Phi) is 12.5. The molecule has 1 saturated heterocycles. The summed E-state index contributed by atoms with van der Waals surface area (Å²) in [5.41, 5.74) is 4.87. The fourth-order valence-electron chi connectivity index (χ4n) is 7.78. The summed E-state index contributed by atoms with van der Waals surface area (Å²) in [5, 5.41) is 17.4. The van der Waals surface area contributed by atoms with Crippen molar-refractivity contribution in [2.45, 2.75) is 97.2 Å². The average molecular weight is 805 g/mol. The van der Waals surface area contributed by atoms with Crippen LogP contribution < -0.4 is 20.1 Å². The predicted molar refractivity (Wildman–Crippen MR) is 219 cm³/mol. The van der Waals surface area contributed by atoms with Crippen LogP contribution >= 0.6 is 23.2 Å². The number of likely N-dealkylation sites (tertiary alicyclic amines) is 1. The second kappa shape index (κ2) is 17.0. The van der Waals surface area contributed by atoms with Crippen molar-refractivity contribution in [2.75, 3.05) is 20.8 Å². The minimum absolute atomic E-state index is 0.00513. The summed E-state index contributed by atoms with van der Waals surface area (Å²) in [6.07, 6.45) is 3.90. The summed E-state index contributed by atoms with van der Waals surface area (Å²) < 4.78 is 17.0. The molecule has 6 rings (SSSR count). The van der Waals surface area contributed by atoms with E-state index in [0.29, 0.717) is 81.2 Å². The molecule has 56 heavy (non-hydrogen) atoms. The summed E-state index contributed by atoms with van der Waals surface area (Å²) in [6.45, 7) is 10.9. The van der Waals surface area contributed by atoms with Gasteiger partial charge in [-0.05, 0) is 62.3 Å². The van der Waals surface area contributed by atoms with E-state index < -0.39 is 11.7 Å². The summed E-state index contributed by atoms with van der Waals surface area (Å²) in [5.74, 6) is 1.05. The van der Waals surface area contributed by atoms with Gasteiger partial charge in [-0.3, -0.25) is 9.78 Å². The van der Waals surface area contributed by atoms with Gasteiger partial charge in [0, 0.05) is 72.2 Å². The first-order chi connectivity index (χ1) is 26.6. The Balaban J connectivity index is 1.15. The molecule has 1 saturated carbocycles. The number of amides is 2. The molecule has 1 aliphatic carbocycles. The number of ether oxygens (including phenoxy) is 3. The van der Waals surface area contributed by atoms with E-state index >= 15 is 0 Å². The van der Waals surface area contributed by atoms with E-state index in [1.165, 1.54) is 7.11 Å². The van der Waals surface area contributed by atoms with Crippen molar-refractivity contribution >= 4 is 35.2 Å². The second-order valence-electron chi connectivity index (χ2n) is 16.1. The third kappa shape index (κ3) is 9.23. The highest BCUT2D eigenvalue weighted by Crippen LogP contribution is 2.42. The number of alkyl carbamates (subject to hydrolysis) is 1. The van der Waals surface area contributed by atoms with Crippen LogP contribution in [0.2, 0.25) is 10.0 Å². The van der Waals surface area contributed by atoms with E-state index in [-0.39, 0.29) is 36.1 Å². The fraction of sp³-hybridized carbons (Fsp3) is 0.442. The first-order valence-electron chi connectivity index (χ1n) is 18.9. The standard InChI is InChI=1S/C43H51Cl2N5O6/c1-25(51)50-18-16-29(20-36(50)42(2,3)4)48-41(52)56-24-28-13-14-34(49-40(28)55-7)33-10-8-9-31(37(33)44)32-15-17-46-39(38(32)45)26-11-12-27(35(19-26)54-6)23-47-30-21-43(5,53)22-30/h8-15,17,19,29-30,36,47,53H,16,18,20-24H2,1-7H3,(H,48,52)/t29-,30?,36-,43?/m1/s1. The van der Waals surface area contributed by atoms with Crippen LogP contribution in [0, 0.1) is 5.41 Å². The quantitative estimate of drug-likeness (QED) is 0.137. The number of benzene rings is 2. The Hall–Kier alpha value is -4.42. The zero-order valence-corrected chi connectivity index (χ0v) is 34.6. The average Bonchev–Trinajstić information content (AvgIpc) is 3.15. The molecule has 2 aromatic carbocycles. The maximum absolute atomic E-state index is 12.9. The number of aliphatic hydroxyl groups is 1. The zero-order chi connectivity index (χ0) is 40.4. The zero-order valence-electron chi connectivity index (χ0n) is 33.0. The maximum Gasteiger partial charge on any atom is 0.407 e. The Morgan fingerprint density at radius 1 is 0.964 bits per heavy atom. The van der Waals surface area contributed by atoms with Gasteiger partial charge < -0.3 is 34.9 Å². The van der Waals surface area contributed by atoms with Crippen molar-refractivity contribution in [3.05, 3.63) is 82.0 Å². The molecule has 2 aliphatic rings. The van der Waals surface area contributed by atoms with Gasteiger partial charge in [-0.15, -0.1) is 0 Å². The number of methoxy groups -OCH3 is 2. The van der Waals surface area contributed by atoms with Gasteiger partial charge in [0.1, 0.15) is 12.4 Å². The van der Waals surface area contributed by atoms with Crippen LogP contribution in [0.3, 0.4) is 0 Å². The van der Waals surface area contributed by atoms with Crippen molar-refractivity contribution in [1.29, 1.82) is 0 Å². The smallest absolute Gasteiger partial charge is 0.407 e. The van der Waals surface area contributed by atoms with Crippen LogP contribution in [0.1, 0.15) is 71.4 Å². The number of hydrogen-bond acceptors (Lipinski definition) is 9. The van der Waals surface area contributed by atoms with E-state index in [1.807, 2.05) is 60.4 Å².